The molecule has 0 spiro atoms. The lowest BCUT2D eigenvalue weighted by Gasteiger charge is -2.22. The average molecular weight is 284 g/mol. The predicted octanol–water partition coefficient (Wildman–Crippen LogP) is 5.89. The van der Waals surface area contributed by atoms with Gasteiger partial charge in [0.1, 0.15) is 11.3 Å². The third-order valence-electron chi connectivity index (χ3n) is 5.02. The predicted molar refractivity (Wildman–Crippen MR) is 91.3 cm³/mol. The molecule has 0 aliphatic heterocycles. The molecule has 22 heavy (non-hydrogen) atoms. The van der Waals surface area contributed by atoms with Gasteiger partial charge in [-0.3, -0.25) is 0 Å². The second-order valence-electron chi connectivity index (χ2n) is 6.64. The molecule has 0 atom stereocenters. The molecule has 0 unspecified atom stereocenters. The van der Waals surface area contributed by atoms with Crippen LogP contribution in [0.25, 0.3) is 33.1 Å². The van der Waals surface area contributed by atoms with Crippen LogP contribution in [0.15, 0.2) is 65.1 Å². The Morgan fingerprint density at radius 2 is 1.45 bits per heavy atom. The first-order valence-corrected chi connectivity index (χ1v) is 7.72. The third-order valence-corrected chi connectivity index (χ3v) is 5.02. The van der Waals surface area contributed by atoms with Gasteiger partial charge in [-0.05, 0) is 22.4 Å². The summed E-state index contributed by atoms with van der Waals surface area (Å²) in [7, 11) is 0. The zero-order chi connectivity index (χ0) is 14.9. The zero-order valence-corrected chi connectivity index (χ0v) is 12.7. The maximum Gasteiger partial charge on any atom is 0.139 e. The fraction of sp³-hybridized carbons (Fsp3) is 0.143. The summed E-state index contributed by atoms with van der Waals surface area (Å²) in [6.07, 6.45) is 0. The van der Waals surface area contributed by atoms with Crippen LogP contribution >= 0.6 is 0 Å². The lowest BCUT2D eigenvalue weighted by molar-refractivity contribution is 0.620. The Balaban J connectivity index is 1.99. The number of benzene rings is 3. The van der Waals surface area contributed by atoms with Gasteiger partial charge < -0.3 is 4.42 Å². The van der Waals surface area contributed by atoms with Gasteiger partial charge in [-0.1, -0.05) is 68.4 Å². The van der Waals surface area contributed by atoms with Crippen molar-refractivity contribution in [2.45, 2.75) is 19.3 Å². The normalized spacial score (nSPS) is 15.2. The van der Waals surface area contributed by atoms with Gasteiger partial charge in [-0.15, -0.1) is 0 Å². The Morgan fingerprint density at radius 1 is 0.727 bits per heavy atom. The minimum Gasteiger partial charge on any atom is -0.456 e. The molecule has 1 aliphatic rings. The Bertz CT molecular complexity index is 1050. The summed E-state index contributed by atoms with van der Waals surface area (Å²) >= 11 is 0. The monoisotopic (exact) mass is 284 g/mol. The minimum absolute atomic E-state index is 0.0435. The quantitative estimate of drug-likeness (QED) is 0.392. The van der Waals surface area contributed by atoms with Gasteiger partial charge in [-0.2, -0.15) is 0 Å². The summed E-state index contributed by atoms with van der Waals surface area (Å²) in [5.74, 6) is 1.05. The van der Waals surface area contributed by atoms with E-state index in [1.165, 1.54) is 32.8 Å². The Hall–Kier alpha value is -2.54. The highest BCUT2D eigenvalue weighted by Gasteiger charge is 2.41. The lowest BCUT2D eigenvalue weighted by Crippen LogP contribution is -2.15. The van der Waals surface area contributed by atoms with E-state index in [4.69, 9.17) is 4.42 Å². The van der Waals surface area contributed by atoms with E-state index in [1.54, 1.807) is 0 Å². The zero-order valence-electron chi connectivity index (χ0n) is 12.7. The molecular formula is C21H16O. The van der Waals surface area contributed by atoms with E-state index in [2.05, 4.69) is 68.4 Å². The van der Waals surface area contributed by atoms with Crippen molar-refractivity contribution in [3.63, 3.8) is 0 Å². The largest absolute Gasteiger partial charge is 0.456 e. The maximum absolute atomic E-state index is 6.22. The van der Waals surface area contributed by atoms with E-state index in [9.17, 15) is 0 Å². The Kier molecular flexibility index (Phi) is 2.08. The van der Waals surface area contributed by atoms with Crippen LogP contribution in [0.2, 0.25) is 0 Å². The lowest BCUT2D eigenvalue weighted by atomic mass is 9.79. The van der Waals surface area contributed by atoms with Crippen molar-refractivity contribution in [2.75, 3.05) is 0 Å². The van der Waals surface area contributed by atoms with Crippen LogP contribution in [-0.2, 0) is 5.41 Å². The van der Waals surface area contributed by atoms with Crippen LogP contribution in [0.3, 0.4) is 0 Å². The topological polar surface area (TPSA) is 13.1 Å². The number of fused-ring (bicyclic) bond motifs is 7. The molecule has 0 fully saturated rings. The maximum atomic E-state index is 6.22. The first-order chi connectivity index (χ1) is 10.7. The van der Waals surface area contributed by atoms with Crippen LogP contribution in [0.1, 0.15) is 25.0 Å². The summed E-state index contributed by atoms with van der Waals surface area (Å²) in [6.45, 7) is 4.62. The first kappa shape index (κ1) is 12.0. The average Bonchev–Trinajstić information content (AvgIpc) is 3.02. The van der Waals surface area contributed by atoms with E-state index in [1.807, 2.05) is 6.07 Å². The highest BCUT2D eigenvalue weighted by atomic mass is 16.3. The second kappa shape index (κ2) is 3.80. The van der Waals surface area contributed by atoms with E-state index in [0.29, 0.717) is 0 Å². The van der Waals surface area contributed by atoms with Crippen molar-refractivity contribution in [1.82, 2.24) is 0 Å². The van der Waals surface area contributed by atoms with Crippen molar-refractivity contribution < 1.29 is 4.42 Å². The molecule has 5 rings (SSSR count). The van der Waals surface area contributed by atoms with Gasteiger partial charge in [0.05, 0.1) is 0 Å². The summed E-state index contributed by atoms with van der Waals surface area (Å²) in [5.41, 5.74) is 4.91. The van der Waals surface area contributed by atoms with Gasteiger partial charge in [0.25, 0.3) is 0 Å². The van der Waals surface area contributed by atoms with Crippen LogP contribution < -0.4 is 0 Å². The number of para-hydroxylation sites is 1. The summed E-state index contributed by atoms with van der Waals surface area (Å²) < 4.78 is 6.22. The molecule has 0 amide bonds. The second-order valence-corrected chi connectivity index (χ2v) is 6.64. The van der Waals surface area contributed by atoms with Gasteiger partial charge in [0.2, 0.25) is 0 Å². The molecule has 0 saturated carbocycles. The van der Waals surface area contributed by atoms with E-state index < -0.39 is 0 Å². The van der Waals surface area contributed by atoms with Gasteiger partial charge in [-0.25, -0.2) is 0 Å². The molecule has 1 aromatic heterocycles. The van der Waals surface area contributed by atoms with Crippen molar-refractivity contribution >= 4 is 21.7 Å². The van der Waals surface area contributed by atoms with E-state index >= 15 is 0 Å². The molecule has 0 N–H and O–H groups in total. The highest BCUT2D eigenvalue weighted by molar-refractivity contribution is 6.01. The molecule has 0 radical (unpaired) electrons. The van der Waals surface area contributed by atoms with Crippen LogP contribution in [-0.4, -0.2) is 0 Å². The molecular weight excluding hydrogens is 268 g/mol. The molecule has 0 bridgehead atoms. The Labute approximate surface area is 129 Å². The van der Waals surface area contributed by atoms with E-state index in [0.717, 1.165) is 11.3 Å². The number of hydrogen-bond donors (Lipinski definition) is 0. The standard InChI is InChI=1S/C21H16O/c1-21(2)18-14-8-4-3-7-13(14)11-12-16(18)20-19(21)15-9-5-6-10-17(15)22-20/h3-12H,1-2H3. The van der Waals surface area contributed by atoms with E-state index in [-0.39, 0.29) is 5.41 Å². The van der Waals surface area contributed by atoms with Crippen molar-refractivity contribution in [2.24, 2.45) is 0 Å². The molecule has 1 aliphatic carbocycles. The summed E-state index contributed by atoms with van der Waals surface area (Å²) in [6, 6.07) is 21.4. The number of furan rings is 1. The van der Waals surface area contributed by atoms with Crippen LogP contribution in [0.5, 0.6) is 0 Å². The van der Waals surface area contributed by atoms with Gasteiger partial charge >= 0.3 is 0 Å². The van der Waals surface area contributed by atoms with Crippen LogP contribution in [0, 0.1) is 0 Å². The number of hydrogen-bond acceptors (Lipinski definition) is 1. The fourth-order valence-electron chi connectivity index (χ4n) is 4.11. The molecule has 4 aromatic rings. The van der Waals surface area contributed by atoms with Crippen molar-refractivity contribution in [3.05, 3.63) is 71.8 Å². The highest BCUT2D eigenvalue weighted by Crippen LogP contribution is 2.54. The molecule has 1 heteroatoms. The van der Waals surface area contributed by atoms with Crippen LogP contribution in [0.4, 0.5) is 0 Å². The third kappa shape index (κ3) is 1.29. The molecule has 0 saturated heterocycles. The minimum atomic E-state index is -0.0435. The molecule has 106 valence electrons. The summed E-state index contributed by atoms with van der Waals surface area (Å²) in [4.78, 5) is 0. The SMILES string of the molecule is CC1(C)c2c(ccc3ccccc23)-c2oc3ccccc3c21. The summed E-state index contributed by atoms with van der Waals surface area (Å²) in [5, 5.41) is 3.87. The molecule has 3 aromatic carbocycles. The van der Waals surface area contributed by atoms with Crippen molar-refractivity contribution in [1.29, 1.82) is 0 Å². The fourth-order valence-corrected chi connectivity index (χ4v) is 4.11. The van der Waals surface area contributed by atoms with Gasteiger partial charge in [0.15, 0.2) is 0 Å². The smallest absolute Gasteiger partial charge is 0.139 e. The first-order valence-electron chi connectivity index (χ1n) is 7.72. The van der Waals surface area contributed by atoms with Crippen molar-refractivity contribution in [3.8, 4) is 11.3 Å². The molecule has 1 heterocycles. The van der Waals surface area contributed by atoms with Gasteiger partial charge in [0, 0.05) is 21.9 Å². The Morgan fingerprint density at radius 3 is 2.32 bits per heavy atom. The number of rotatable bonds is 0. The molecule has 1 nitrogen and oxygen atoms in total.